The van der Waals surface area contributed by atoms with Crippen molar-refractivity contribution in [2.45, 2.75) is 20.1 Å². The van der Waals surface area contributed by atoms with E-state index in [-0.39, 0.29) is 34.3 Å². The molecule has 0 bridgehead atoms. The van der Waals surface area contributed by atoms with Crippen LogP contribution < -0.4 is 9.47 Å². The SMILES string of the molecule is CCOc1cc(C=C2SC(=O)N(Cc3ccccc3[N+](=O)[O-])C2=O)cc(Cl)c1OCc1ccc(Cl)cc1. The van der Waals surface area contributed by atoms with Crippen molar-refractivity contribution in [3.8, 4) is 11.5 Å². The molecule has 3 aromatic rings. The Morgan fingerprint density at radius 3 is 2.49 bits per heavy atom. The van der Waals surface area contributed by atoms with Crippen molar-refractivity contribution in [2.24, 2.45) is 0 Å². The van der Waals surface area contributed by atoms with E-state index in [1.54, 1.807) is 30.3 Å². The first-order valence-corrected chi connectivity index (χ1v) is 12.6. The second-order valence-corrected chi connectivity index (χ2v) is 9.67. The van der Waals surface area contributed by atoms with Gasteiger partial charge in [0.2, 0.25) is 0 Å². The number of imide groups is 1. The van der Waals surface area contributed by atoms with E-state index < -0.39 is 16.1 Å². The Balaban J connectivity index is 1.56. The molecule has 3 aromatic carbocycles. The van der Waals surface area contributed by atoms with E-state index in [0.29, 0.717) is 28.7 Å². The number of amides is 2. The Labute approximate surface area is 226 Å². The van der Waals surface area contributed by atoms with Crippen LogP contribution in [0.25, 0.3) is 6.08 Å². The van der Waals surface area contributed by atoms with Gasteiger partial charge in [-0.05, 0) is 60.2 Å². The van der Waals surface area contributed by atoms with Gasteiger partial charge in [-0.2, -0.15) is 0 Å². The number of halogens is 2. The summed E-state index contributed by atoms with van der Waals surface area (Å²) in [6.07, 6.45) is 1.53. The lowest BCUT2D eigenvalue weighted by Crippen LogP contribution is -2.27. The van der Waals surface area contributed by atoms with Crippen molar-refractivity contribution >= 4 is 57.9 Å². The number of carbonyl (C=O) groups excluding carboxylic acids is 2. The molecule has 1 aliphatic heterocycles. The number of ether oxygens (including phenoxy) is 2. The number of hydrogen-bond acceptors (Lipinski definition) is 7. The second-order valence-electron chi connectivity index (χ2n) is 7.83. The monoisotopic (exact) mass is 558 g/mol. The molecule has 0 unspecified atom stereocenters. The summed E-state index contributed by atoms with van der Waals surface area (Å²) in [4.78, 5) is 37.5. The molecule has 4 rings (SSSR count). The maximum Gasteiger partial charge on any atom is 0.293 e. The molecule has 1 aliphatic rings. The number of nitrogens with zero attached hydrogens (tertiary/aromatic N) is 2. The highest BCUT2D eigenvalue weighted by molar-refractivity contribution is 8.18. The van der Waals surface area contributed by atoms with Crippen LogP contribution in [0.3, 0.4) is 0 Å². The van der Waals surface area contributed by atoms with Crippen molar-refractivity contribution in [3.63, 3.8) is 0 Å². The zero-order valence-electron chi connectivity index (χ0n) is 19.5. The van der Waals surface area contributed by atoms with Gasteiger partial charge < -0.3 is 9.47 Å². The van der Waals surface area contributed by atoms with Gasteiger partial charge in [0.1, 0.15) is 6.61 Å². The maximum absolute atomic E-state index is 13.0. The number of carbonyl (C=O) groups is 2. The van der Waals surface area contributed by atoms with Crippen LogP contribution in [0.15, 0.2) is 65.6 Å². The molecule has 0 aliphatic carbocycles. The Bertz CT molecular complexity index is 1390. The summed E-state index contributed by atoms with van der Waals surface area (Å²) in [5, 5.41) is 11.7. The van der Waals surface area contributed by atoms with Gasteiger partial charge in [0.25, 0.3) is 16.8 Å². The summed E-state index contributed by atoms with van der Waals surface area (Å²) in [7, 11) is 0. The molecule has 190 valence electrons. The number of benzene rings is 3. The number of para-hydroxylation sites is 1. The van der Waals surface area contributed by atoms with Crippen LogP contribution in [0.1, 0.15) is 23.6 Å². The molecule has 11 heteroatoms. The van der Waals surface area contributed by atoms with Gasteiger partial charge in [-0.1, -0.05) is 53.5 Å². The highest BCUT2D eigenvalue weighted by Crippen LogP contribution is 2.40. The molecule has 0 atom stereocenters. The van der Waals surface area contributed by atoms with Gasteiger partial charge >= 0.3 is 0 Å². The molecule has 0 N–H and O–H groups in total. The summed E-state index contributed by atoms with van der Waals surface area (Å²) < 4.78 is 11.6. The van der Waals surface area contributed by atoms with Crippen molar-refractivity contribution in [2.75, 3.05) is 6.61 Å². The van der Waals surface area contributed by atoms with Crippen LogP contribution >= 0.6 is 35.0 Å². The summed E-state index contributed by atoms with van der Waals surface area (Å²) in [6.45, 7) is 2.20. The van der Waals surface area contributed by atoms with E-state index in [4.69, 9.17) is 32.7 Å². The summed E-state index contributed by atoms with van der Waals surface area (Å²) in [5.41, 5.74) is 1.52. The first-order valence-electron chi connectivity index (χ1n) is 11.1. The van der Waals surface area contributed by atoms with E-state index >= 15 is 0 Å². The van der Waals surface area contributed by atoms with Crippen molar-refractivity contribution in [1.82, 2.24) is 4.90 Å². The van der Waals surface area contributed by atoms with Gasteiger partial charge in [0.05, 0.1) is 28.0 Å². The molecule has 0 saturated carbocycles. The third-order valence-electron chi connectivity index (χ3n) is 5.32. The average molecular weight is 559 g/mol. The van der Waals surface area contributed by atoms with E-state index in [2.05, 4.69) is 0 Å². The zero-order chi connectivity index (χ0) is 26.5. The van der Waals surface area contributed by atoms with Crippen LogP contribution in [0.4, 0.5) is 10.5 Å². The average Bonchev–Trinajstić information content (AvgIpc) is 3.12. The van der Waals surface area contributed by atoms with Crippen molar-refractivity contribution in [1.29, 1.82) is 0 Å². The molecule has 37 heavy (non-hydrogen) atoms. The molecule has 1 saturated heterocycles. The Morgan fingerprint density at radius 1 is 1.05 bits per heavy atom. The lowest BCUT2D eigenvalue weighted by atomic mass is 10.1. The van der Waals surface area contributed by atoms with Crippen molar-refractivity contribution in [3.05, 3.63) is 102 Å². The lowest BCUT2D eigenvalue weighted by Gasteiger charge is -2.15. The minimum absolute atomic E-state index is 0.159. The fourth-order valence-corrected chi connectivity index (χ4v) is 4.83. The molecule has 0 spiro atoms. The van der Waals surface area contributed by atoms with Gasteiger partial charge in [-0.15, -0.1) is 0 Å². The molecule has 0 radical (unpaired) electrons. The van der Waals surface area contributed by atoms with Crippen LogP contribution in [-0.4, -0.2) is 27.6 Å². The number of rotatable bonds is 9. The molecule has 1 fully saturated rings. The number of nitro groups is 1. The van der Waals surface area contributed by atoms with Crippen LogP contribution in [0, 0.1) is 10.1 Å². The van der Waals surface area contributed by atoms with E-state index in [1.807, 2.05) is 19.1 Å². The molecule has 2 amide bonds. The molecule has 1 heterocycles. The van der Waals surface area contributed by atoms with E-state index in [0.717, 1.165) is 22.2 Å². The minimum Gasteiger partial charge on any atom is -0.490 e. The third-order valence-corrected chi connectivity index (χ3v) is 6.76. The van der Waals surface area contributed by atoms with Gasteiger partial charge in [-0.25, -0.2) is 0 Å². The summed E-state index contributed by atoms with van der Waals surface area (Å²) >= 11 is 13.2. The summed E-state index contributed by atoms with van der Waals surface area (Å²) in [5.74, 6) is 0.180. The first kappa shape index (κ1) is 26.5. The fraction of sp³-hybridized carbons (Fsp3) is 0.154. The highest BCUT2D eigenvalue weighted by atomic mass is 35.5. The van der Waals surface area contributed by atoms with E-state index in [9.17, 15) is 19.7 Å². The number of nitro benzene ring substituents is 1. The van der Waals surface area contributed by atoms with Gasteiger partial charge in [-0.3, -0.25) is 24.6 Å². The topological polar surface area (TPSA) is 99.0 Å². The Kier molecular flexibility index (Phi) is 8.38. The molecular formula is C26H20Cl2N2O6S. The van der Waals surface area contributed by atoms with Gasteiger partial charge in [0.15, 0.2) is 11.5 Å². The quantitative estimate of drug-likeness (QED) is 0.156. The molecule has 8 nitrogen and oxygen atoms in total. The highest BCUT2D eigenvalue weighted by Gasteiger charge is 2.36. The number of hydrogen-bond donors (Lipinski definition) is 0. The van der Waals surface area contributed by atoms with Crippen molar-refractivity contribution < 1.29 is 24.0 Å². The zero-order valence-corrected chi connectivity index (χ0v) is 21.8. The first-order chi connectivity index (χ1) is 17.8. The lowest BCUT2D eigenvalue weighted by molar-refractivity contribution is -0.385. The predicted octanol–water partition coefficient (Wildman–Crippen LogP) is 7.12. The smallest absolute Gasteiger partial charge is 0.293 e. The standard InChI is InChI=1S/C26H20Cl2N2O6S/c1-2-35-22-12-17(11-20(28)24(22)36-15-16-7-9-19(27)10-8-16)13-23-25(31)29(26(32)37-23)14-18-5-3-4-6-21(18)30(33)34/h3-13H,2,14-15H2,1H3. The maximum atomic E-state index is 13.0. The summed E-state index contributed by atoms with van der Waals surface area (Å²) in [6, 6.07) is 16.5. The minimum atomic E-state index is -0.551. The van der Waals surface area contributed by atoms with Gasteiger partial charge in [0, 0.05) is 16.7 Å². The van der Waals surface area contributed by atoms with Crippen LogP contribution in [0.2, 0.25) is 10.0 Å². The normalized spacial score (nSPS) is 14.4. The van der Waals surface area contributed by atoms with Crippen LogP contribution in [-0.2, 0) is 17.9 Å². The van der Waals surface area contributed by atoms with E-state index in [1.165, 1.54) is 24.3 Å². The number of thioether (sulfide) groups is 1. The van der Waals surface area contributed by atoms with Crippen LogP contribution in [0.5, 0.6) is 11.5 Å². The largest absolute Gasteiger partial charge is 0.490 e. The molecular weight excluding hydrogens is 539 g/mol. The third kappa shape index (κ3) is 6.25. The predicted molar refractivity (Wildman–Crippen MR) is 143 cm³/mol. The second kappa shape index (κ2) is 11.7. The Morgan fingerprint density at radius 2 is 1.78 bits per heavy atom. The molecule has 0 aromatic heterocycles. The fourth-order valence-electron chi connectivity index (χ4n) is 3.59. The Hall–Kier alpha value is -3.53.